The molecule has 2 rings (SSSR count). The second-order valence-corrected chi connectivity index (χ2v) is 6.12. The molecule has 2 aromatic rings. The van der Waals surface area contributed by atoms with Crippen molar-refractivity contribution < 1.29 is 9.53 Å². The van der Waals surface area contributed by atoms with E-state index in [1.807, 2.05) is 43.3 Å². The van der Waals surface area contributed by atoms with Crippen molar-refractivity contribution in [1.82, 2.24) is 5.32 Å². The summed E-state index contributed by atoms with van der Waals surface area (Å²) in [4.78, 5) is 13.2. The summed E-state index contributed by atoms with van der Waals surface area (Å²) in [5.41, 5.74) is 1.01. The SMILES string of the molecule is CC(CNC(C)c1cccs1)C(=O)OCc1ccccc1. The molecule has 1 N–H and O–H groups in total. The number of esters is 1. The predicted octanol–water partition coefficient (Wildman–Crippen LogP) is 3.78. The predicted molar refractivity (Wildman–Crippen MR) is 86.1 cm³/mol. The first-order valence-electron chi connectivity index (χ1n) is 7.14. The van der Waals surface area contributed by atoms with Crippen LogP contribution in [-0.4, -0.2) is 12.5 Å². The average Bonchev–Trinajstić information content (AvgIpc) is 3.05. The number of carbonyl (C=O) groups is 1. The van der Waals surface area contributed by atoms with E-state index < -0.39 is 0 Å². The summed E-state index contributed by atoms with van der Waals surface area (Å²) in [5, 5.41) is 5.43. The molecule has 2 unspecified atom stereocenters. The number of carbonyl (C=O) groups excluding carboxylic acids is 1. The fraction of sp³-hybridized carbons (Fsp3) is 0.353. The molecule has 1 aromatic carbocycles. The highest BCUT2D eigenvalue weighted by Gasteiger charge is 2.16. The van der Waals surface area contributed by atoms with Crippen LogP contribution in [0.2, 0.25) is 0 Å². The summed E-state index contributed by atoms with van der Waals surface area (Å²) in [5.74, 6) is -0.319. The number of hydrogen-bond donors (Lipinski definition) is 1. The molecule has 112 valence electrons. The Morgan fingerprint density at radius 1 is 1.19 bits per heavy atom. The van der Waals surface area contributed by atoms with Gasteiger partial charge in [-0.05, 0) is 23.9 Å². The van der Waals surface area contributed by atoms with Gasteiger partial charge in [-0.3, -0.25) is 4.79 Å². The standard InChI is InChI=1S/C17H21NO2S/c1-13(11-18-14(2)16-9-6-10-21-16)17(19)20-12-15-7-4-3-5-8-15/h3-10,13-14,18H,11-12H2,1-2H3. The molecule has 0 aliphatic rings. The number of benzene rings is 1. The molecular formula is C17H21NO2S. The molecule has 0 aliphatic carbocycles. The third-order valence-corrected chi connectivity index (χ3v) is 4.38. The summed E-state index contributed by atoms with van der Waals surface area (Å²) >= 11 is 1.72. The molecule has 1 heterocycles. The lowest BCUT2D eigenvalue weighted by molar-refractivity contribution is -0.149. The van der Waals surface area contributed by atoms with Gasteiger partial charge in [0, 0.05) is 17.5 Å². The molecule has 21 heavy (non-hydrogen) atoms. The Balaban J connectivity index is 1.72. The van der Waals surface area contributed by atoms with E-state index in [9.17, 15) is 4.79 Å². The molecule has 2 atom stereocenters. The molecule has 0 radical (unpaired) electrons. The smallest absolute Gasteiger partial charge is 0.310 e. The number of hydrogen-bond acceptors (Lipinski definition) is 4. The van der Waals surface area contributed by atoms with Crippen molar-refractivity contribution in [2.24, 2.45) is 5.92 Å². The Labute approximate surface area is 130 Å². The minimum Gasteiger partial charge on any atom is -0.461 e. The molecule has 4 heteroatoms. The fourth-order valence-electron chi connectivity index (χ4n) is 1.95. The first kappa shape index (κ1) is 15.7. The minimum absolute atomic E-state index is 0.156. The third kappa shape index (κ3) is 4.99. The molecule has 0 aliphatic heterocycles. The van der Waals surface area contributed by atoms with E-state index in [1.165, 1.54) is 4.88 Å². The highest BCUT2D eigenvalue weighted by molar-refractivity contribution is 7.10. The van der Waals surface area contributed by atoms with Crippen LogP contribution in [0.25, 0.3) is 0 Å². The first-order chi connectivity index (χ1) is 10.2. The van der Waals surface area contributed by atoms with Crippen LogP contribution < -0.4 is 5.32 Å². The van der Waals surface area contributed by atoms with E-state index in [1.54, 1.807) is 11.3 Å². The topological polar surface area (TPSA) is 38.3 Å². The van der Waals surface area contributed by atoms with Gasteiger partial charge < -0.3 is 10.1 Å². The van der Waals surface area contributed by atoms with E-state index >= 15 is 0 Å². The molecule has 1 aromatic heterocycles. The van der Waals surface area contributed by atoms with Crippen molar-refractivity contribution in [2.45, 2.75) is 26.5 Å². The summed E-state index contributed by atoms with van der Waals surface area (Å²) in [6.45, 7) is 4.95. The fourth-order valence-corrected chi connectivity index (χ4v) is 2.70. The minimum atomic E-state index is -0.162. The molecule has 3 nitrogen and oxygen atoms in total. The first-order valence-corrected chi connectivity index (χ1v) is 8.02. The maximum absolute atomic E-state index is 12.0. The van der Waals surface area contributed by atoms with Crippen LogP contribution in [0.15, 0.2) is 47.8 Å². The second kappa shape index (κ2) is 7.96. The summed E-state index contributed by atoms with van der Waals surface area (Å²) in [7, 11) is 0. The van der Waals surface area contributed by atoms with Crippen molar-refractivity contribution in [3.63, 3.8) is 0 Å². The van der Waals surface area contributed by atoms with Crippen LogP contribution >= 0.6 is 11.3 Å². The number of thiophene rings is 1. The van der Waals surface area contributed by atoms with Gasteiger partial charge in [-0.15, -0.1) is 11.3 Å². The third-order valence-electron chi connectivity index (χ3n) is 3.33. The number of ether oxygens (including phenoxy) is 1. The largest absolute Gasteiger partial charge is 0.461 e. The molecule has 0 fully saturated rings. The zero-order valence-electron chi connectivity index (χ0n) is 12.4. The van der Waals surface area contributed by atoms with Crippen molar-refractivity contribution in [3.05, 3.63) is 58.3 Å². The highest BCUT2D eigenvalue weighted by Crippen LogP contribution is 2.18. The average molecular weight is 303 g/mol. The van der Waals surface area contributed by atoms with Gasteiger partial charge in [0.1, 0.15) is 6.61 Å². The van der Waals surface area contributed by atoms with Gasteiger partial charge in [0.15, 0.2) is 0 Å². The van der Waals surface area contributed by atoms with Gasteiger partial charge >= 0.3 is 5.97 Å². The zero-order chi connectivity index (χ0) is 15.1. The monoisotopic (exact) mass is 303 g/mol. The van der Waals surface area contributed by atoms with Gasteiger partial charge in [0.2, 0.25) is 0 Å². The van der Waals surface area contributed by atoms with Crippen molar-refractivity contribution in [2.75, 3.05) is 6.54 Å². The van der Waals surface area contributed by atoms with Gasteiger partial charge in [-0.2, -0.15) is 0 Å². The Hall–Kier alpha value is -1.65. The van der Waals surface area contributed by atoms with Crippen molar-refractivity contribution >= 4 is 17.3 Å². The molecule has 0 bridgehead atoms. The second-order valence-electron chi connectivity index (χ2n) is 5.14. The Bertz CT molecular complexity index is 539. The number of nitrogens with one attached hydrogen (secondary N) is 1. The van der Waals surface area contributed by atoms with Crippen LogP contribution in [-0.2, 0) is 16.1 Å². The van der Waals surface area contributed by atoms with Crippen LogP contribution in [0.5, 0.6) is 0 Å². The molecule has 0 saturated carbocycles. The molecule has 0 amide bonds. The summed E-state index contributed by atoms with van der Waals surface area (Å²) < 4.78 is 5.34. The van der Waals surface area contributed by atoms with Gasteiger partial charge in [-0.1, -0.05) is 43.3 Å². The van der Waals surface area contributed by atoms with E-state index in [0.29, 0.717) is 13.2 Å². The van der Waals surface area contributed by atoms with E-state index in [2.05, 4.69) is 23.7 Å². The molecule has 0 saturated heterocycles. The van der Waals surface area contributed by atoms with Crippen LogP contribution in [0, 0.1) is 5.92 Å². The van der Waals surface area contributed by atoms with Crippen molar-refractivity contribution in [3.8, 4) is 0 Å². The maximum atomic E-state index is 12.0. The molecular weight excluding hydrogens is 282 g/mol. The highest BCUT2D eigenvalue weighted by atomic mass is 32.1. The lowest BCUT2D eigenvalue weighted by atomic mass is 10.1. The van der Waals surface area contributed by atoms with Crippen LogP contribution in [0.3, 0.4) is 0 Å². The Kier molecular flexibility index (Phi) is 5.96. The van der Waals surface area contributed by atoms with Gasteiger partial charge in [0.25, 0.3) is 0 Å². The summed E-state index contributed by atoms with van der Waals surface area (Å²) in [6.07, 6.45) is 0. The quantitative estimate of drug-likeness (QED) is 0.791. The molecule has 0 spiro atoms. The Morgan fingerprint density at radius 2 is 1.95 bits per heavy atom. The Morgan fingerprint density at radius 3 is 2.62 bits per heavy atom. The van der Waals surface area contributed by atoms with Crippen LogP contribution in [0.4, 0.5) is 0 Å². The van der Waals surface area contributed by atoms with Crippen LogP contribution in [0.1, 0.15) is 30.3 Å². The lowest BCUT2D eigenvalue weighted by Crippen LogP contribution is -2.29. The summed E-state index contributed by atoms with van der Waals surface area (Å²) in [6, 6.07) is 14.1. The normalized spacial score (nSPS) is 13.6. The van der Waals surface area contributed by atoms with Crippen molar-refractivity contribution in [1.29, 1.82) is 0 Å². The van der Waals surface area contributed by atoms with E-state index in [0.717, 1.165) is 5.56 Å². The van der Waals surface area contributed by atoms with Gasteiger partial charge in [-0.25, -0.2) is 0 Å². The lowest BCUT2D eigenvalue weighted by Gasteiger charge is -2.16. The van der Waals surface area contributed by atoms with E-state index in [4.69, 9.17) is 4.74 Å². The zero-order valence-corrected chi connectivity index (χ0v) is 13.2. The maximum Gasteiger partial charge on any atom is 0.310 e. The number of rotatable bonds is 7. The van der Waals surface area contributed by atoms with Gasteiger partial charge in [0.05, 0.1) is 5.92 Å². The van der Waals surface area contributed by atoms with E-state index in [-0.39, 0.29) is 17.9 Å².